The molecule has 0 saturated carbocycles. The van der Waals surface area contributed by atoms with E-state index in [1.54, 1.807) is 7.05 Å². The smallest absolute Gasteiger partial charge is 0.233 e. The summed E-state index contributed by atoms with van der Waals surface area (Å²) < 4.78 is 0. The van der Waals surface area contributed by atoms with Crippen molar-refractivity contribution in [2.45, 2.75) is 13.5 Å². The molecule has 0 aromatic heterocycles. The van der Waals surface area contributed by atoms with Crippen LogP contribution in [0, 0.1) is 6.92 Å². The molecule has 3 nitrogen and oxygen atoms in total. The molecule has 0 aliphatic heterocycles. The zero-order valence-corrected chi connectivity index (χ0v) is 9.69. The summed E-state index contributed by atoms with van der Waals surface area (Å²) in [6.07, 6.45) is 0. The van der Waals surface area contributed by atoms with Crippen LogP contribution in [0.1, 0.15) is 11.1 Å². The van der Waals surface area contributed by atoms with Gasteiger partial charge in [-0.3, -0.25) is 4.79 Å². The van der Waals surface area contributed by atoms with Gasteiger partial charge < -0.3 is 10.6 Å². The maximum absolute atomic E-state index is 10.9. The van der Waals surface area contributed by atoms with Gasteiger partial charge in [0, 0.05) is 18.6 Å². The Morgan fingerprint density at radius 2 is 2.20 bits per heavy atom. The molecule has 0 spiro atoms. The number of halogens is 1. The Morgan fingerprint density at radius 3 is 2.80 bits per heavy atom. The van der Waals surface area contributed by atoms with E-state index in [4.69, 9.17) is 11.6 Å². The lowest BCUT2D eigenvalue weighted by molar-refractivity contribution is -0.119. The SMILES string of the molecule is CNC(=O)CNCc1ccc(C)cc1Cl. The first kappa shape index (κ1) is 12.0. The standard InChI is InChI=1S/C11H15ClN2O/c1-8-3-4-9(10(12)5-8)6-14-7-11(15)13-2/h3-5,14H,6-7H2,1-2H3,(H,13,15). The second-order valence-electron chi connectivity index (χ2n) is 3.37. The minimum absolute atomic E-state index is 0.0294. The lowest BCUT2D eigenvalue weighted by Crippen LogP contribution is -2.31. The highest BCUT2D eigenvalue weighted by Crippen LogP contribution is 2.16. The van der Waals surface area contributed by atoms with Crippen molar-refractivity contribution in [1.82, 2.24) is 10.6 Å². The van der Waals surface area contributed by atoms with Crippen LogP contribution in [0.3, 0.4) is 0 Å². The van der Waals surface area contributed by atoms with Gasteiger partial charge in [0.2, 0.25) is 5.91 Å². The summed E-state index contributed by atoms with van der Waals surface area (Å²) in [4.78, 5) is 10.9. The van der Waals surface area contributed by atoms with Crippen LogP contribution in [0.15, 0.2) is 18.2 Å². The van der Waals surface area contributed by atoms with Crippen LogP contribution < -0.4 is 10.6 Å². The van der Waals surface area contributed by atoms with Crippen LogP contribution in [0.2, 0.25) is 5.02 Å². The van der Waals surface area contributed by atoms with Gasteiger partial charge in [0.25, 0.3) is 0 Å². The van der Waals surface area contributed by atoms with Crippen molar-refractivity contribution < 1.29 is 4.79 Å². The molecular weight excluding hydrogens is 212 g/mol. The summed E-state index contributed by atoms with van der Waals surface area (Å²) in [5.74, 6) is -0.0294. The molecule has 4 heteroatoms. The van der Waals surface area contributed by atoms with Gasteiger partial charge in [-0.25, -0.2) is 0 Å². The topological polar surface area (TPSA) is 41.1 Å². The highest BCUT2D eigenvalue weighted by molar-refractivity contribution is 6.31. The lowest BCUT2D eigenvalue weighted by Gasteiger charge is -2.06. The van der Waals surface area contributed by atoms with E-state index in [2.05, 4.69) is 10.6 Å². The number of rotatable bonds is 4. The third-order valence-corrected chi connectivity index (χ3v) is 2.44. The number of aryl methyl sites for hydroxylation is 1. The molecule has 0 saturated heterocycles. The Kier molecular flexibility index (Phi) is 4.59. The van der Waals surface area contributed by atoms with Crippen molar-refractivity contribution in [1.29, 1.82) is 0 Å². The minimum Gasteiger partial charge on any atom is -0.358 e. The maximum atomic E-state index is 10.9. The number of hydrogen-bond acceptors (Lipinski definition) is 2. The van der Waals surface area contributed by atoms with E-state index in [1.165, 1.54) is 0 Å². The number of hydrogen-bond donors (Lipinski definition) is 2. The van der Waals surface area contributed by atoms with Crippen LogP contribution in [0.5, 0.6) is 0 Å². The molecule has 0 fully saturated rings. The molecule has 1 amide bonds. The fraction of sp³-hybridized carbons (Fsp3) is 0.364. The average Bonchev–Trinajstić information content (AvgIpc) is 2.21. The normalized spacial score (nSPS) is 10.1. The molecule has 0 unspecified atom stereocenters. The summed E-state index contributed by atoms with van der Waals surface area (Å²) in [5.41, 5.74) is 2.14. The monoisotopic (exact) mass is 226 g/mol. The third-order valence-electron chi connectivity index (χ3n) is 2.09. The van der Waals surface area contributed by atoms with E-state index in [-0.39, 0.29) is 5.91 Å². The van der Waals surface area contributed by atoms with Crippen LogP contribution >= 0.6 is 11.6 Å². The number of amides is 1. The van der Waals surface area contributed by atoms with E-state index in [9.17, 15) is 4.79 Å². The summed E-state index contributed by atoms with van der Waals surface area (Å²) in [6.45, 7) is 2.90. The van der Waals surface area contributed by atoms with Crippen molar-refractivity contribution >= 4 is 17.5 Å². The molecule has 1 aromatic rings. The predicted molar refractivity (Wildman–Crippen MR) is 62.0 cm³/mol. The van der Waals surface area contributed by atoms with Gasteiger partial charge in [-0.15, -0.1) is 0 Å². The van der Waals surface area contributed by atoms with Crippen LogP contribution in [-0.4, -0.2) is 19.5 Å². The molecule has 15 heavy (non-hydrogen) atoms. The lowest BCUT2D eigenvalue weighted by atomic mass is 10.1. The molecule has 2 N–H and O–H groups in total. The molecule has 0 aliphatic carbocycles. The second kappa shape index (κ2) is 5.73. The first-order valence-electron chi connectivity index (χ1n) is 4.80. The molecule has 0 atom stereocenters. The minimum atomic E-state index is -0.0294. The summed E-state index contributed by atoms with van der Waals surface area (Å²) >= 11 is 6.04. The number of carbonyl (C=O) groups is 1. The Labute approximate surface area is 94.8 Å². The highest BCUT2D eigenvalue weighted by atomic mass is 35.5. The Bertz CT molecular complexity index is 352. The van der Waals surface area contributed by atoms with Crippen molar-refractivity contribution in [3.8, 4) is 0 Å². The van der Waals surface area contributed by atoms with E-state index >= 15 is 0 Å². The van der Waals surface area contributed by atoms with Gasteiger partial charge in [0.05, 0.1) is 6.54 Å². The number of benzene rings is 1. The first-order valence-corrected chi connectivity index (χ1v) is 5.17. The molecule has 0 heterocycles. The molecule has 0 aliphatic rings. The Balaban J connectivity index is 2.47. The zero-order valence-electron chi connectivity index (χ0n) is 8.93. The van der Waals surface area contributed by atoms with Crippen LogP contribution in [0.25, 0.3) is 0 Å². The van der Waals surface area contributed by atoms with Gasteiger partial charge in [0.15, 0.2) is 0 Å². The molecule has 0 bridgehead atoms. The zero-order chi connectivity index (χ0) is 11.3. The first-order chi connectivity index (χ1) is 7.13. The van der Waals surface area contributed by atoms with Crippen molar-refractivity contribution in [2.75, 3.05) is 13.6 Å². The fourth-order valence-electron chi connectivity index (χ4n) is 1.19. The quantitative estimate of drug-likeness (QED) is 0.817. The van der Waals surface area contributed by atoms with E-state index in [1.807, 2.05) is 25.1 Å². The van der Waals surface area contributed by atoms with Gasteiger partial charge in [0.1, 0.15) is 0 Å². The number of carbonyl (C=O) groups excluding carboxylic acids is 1. The number of likely N-dealkylation sites (N-methyl/N-ethyl adjacent to an activating group) is 1. The summed E-state index contributed by atoms with van der Waals surface area (Å²) in [5, 5.41) is 6.29. The van der Waals surface area contributed by atoms with Gasteiger partial charge in [-0.2, -0.15) is 0 Å². The largest absolute Gasteiger partial charge is 0.358 e. The molecule has 0 radical (unpaired) electrons. The van der Waals surface area contributed by atoms with E-state index in [0.29, 0.717) is 13.1 Å². The predicted octanol–water partition coefficient (Wildman–Crippen LogP) is 1.48. The average molecular weight is 227 g/mol. The fourth-order valence-corrected chi connectivity index (χ4v) is 1.50. The van der Waals surface area contributed by atoms with E-state index < -0.39 is 0 Å². The van der Waals surface area contributed by atoms with E-state index in [0.717, 1.165) is 16.1 Å². The van der Waals surface area contributed by atoms with Crippen molar-refractivity contribution in [3.63, 3.8) is 0 Å². The molecule has 82 valence electrons. The second-order valence-corrected chi connectivity index (χ2v) is 3.78. The molecule has 1 rings (SSSR count). The maximum Gasteiger partial charge on any atom is 0.233 e. The van der Waals surface area contributed by atoms with Gasteiger partial charge in [-0.1, -0.05) is 23.7 Å². The highest BCUT2D eigenvalue weighted by Gasteiger charge is 2.01. The van der Waals surface area contributed by atoms with Crippen molar-refractivity contribution in [2.24, 2.45) is 0 Å². The summed E-state index contributed by atoms with van der Waals surface area (Å²) in [7, 11) is 1.61. The summed E-state index contributed by atoms with van der Waals surface area (Å²) in [6, 6.07) is 5.88. The molecular formula is C11H15ClN2O. The van der Waals surface area contributed by atoms with Crippen LogP contribution in [-0.2, 0) is 11.3 Å². The Hall–Kier alpha value is -1.06. The van der Waals surface area contributed by atoms with Crippen LogP contribution in [0.4, 0.5) is 0 Å². The molecule has 1 aromatic carbocycles. The number of nitrogens with one attached hydrogen (secondary N) is 2. The third kappa shape index (κ3) is 3.90. The Morgan fingerprint density at radius 1 is 1.47 bits per heavy atom. The van der Waals surface area contributed by atoms with Gasteiger partial charge >= 0.3 is 0 Å². The van der Waals surface area contributed by atoms with Crippen molar-refractivity contribution in [3.05, 3.63) is 34.3 Å². The van der Waals surface area contributed by atoms with Gasteiger partial charge in [-0.05, 0) is 24.1 Å².